The molecule has 2 aromatic rings. The van der Waals surface area contributed by atoms with Crippen LogP contribution in [0.1, 0.15) is 35.7 Å². The van der Waals surface area contributed by atoms with Crippen molar-refractivity contribution in [2.45, 2.75) is 43.7 Å². The van der Waals surface area contributed by atoms with E-state index in [1.807, 2.05) is 13.0 Å². The SMILES string of the molecule is Cc1cccc(NS(=O)(=O)c2cccc(C(=O)OC(C)C(=O)NC3CC3)c2)c1. The van der Waals surface area contributed by atoms with Crippen molar-refractivity contribution < 1.29 is 22.7 Å². The molecule has 2 aromatic carbocycles. The van der Waals surface area contributed by atoms with Crippen molar-refractivity contribution in [1.82, 2.24) is 5.32 Å². The summed E-state index contributed by atoms with van der Waals surface area (Å²) in [5.74, 6) is -1.12. The first-order chi connectivity index (χ1) is 13.2. The van der Waals surface area contributed by atoms with Crippen LogP contribution in [-0.2, 0) is 19.6 Å². The lowest BCUT2D eigenvalue weighted by atomic mass is 10.2. The van der Waals surface area contributed by atoms with Gasteiger partial charge in [-0.05, 0) is 62.6 Å². The average molecular weight is 402 g/mol. The molecule has 0 aromatic heterocycles. The molecule has 2 N–H and O–H groups in total. The van der Waals surface area contributed by atoms with Crippen molar-refractivity contribution in [3.8, 4) is 0 Å². The Labute approximate surface area is 164 Å². The third-order valence-corrected chi connectivity index (χ3v) is 5.61. The molecule has 1 saturated carbocycles. The average Bonchev–Trinajstić information content (AvgIpc) is 3.45. The van der Waals surface area contributed by atoms with Gasteiger partial charge < -0.3 is 10.1 Å². The molecule has 148 valence electrons. The van der Waals surface area contributed by atoms with Gasteiger partial charge in [0.15, 0.2) is 6.10 Å². The first-order valence-electron chi connectivity index (χ1n) is 8.95. The summed E-state index contributed by atoms with van der Waals surface area (Å²) in [6.45, 7) is 3.34. The standard InChI is InChI=1S/C20H22N2O5S/c1-13-5-3-7-17(11-13)22-28(25,26)18-8-4-6-15(12-18)20(24)27-14(2)19(23)21-16-9-10-16/h3-8,11-12,14,16,22H,9-10H2,1-2H3,(H,21,23). The Kier molecular flexibility index (Phi) is 5.69. The monoisotopic (exact) mass is 402 g/mol. The number of rotatable bonds is 7. The van der Waals surface area contributed by atoms with Crippen LogP contribution in [0.5, 0.6) is 0 Å². The van der Waals surface area contributed by atoms with E-state index in [1.165, 1.54) is 31.2 Å². The summed E-state index contributed by atoms with van der Waals surface area (Å²) < 4.78 is 32.9. The zero-order valence-corrected chi connectivity index (χ0v) is 16.5. The number of ether oxygens (including phenoxy) is 1. The molecule has 3 rings (SSSR count). The van der Waals surface area contributed by atoms with E-state index in [1.54, 1.807) is 18.2 Å². The topological polar surface area (TPSA) is 102 Å². The minimum atomic E-state index is -3.88. The van der Waals surface area contributed by atoms with Crippen LogP contribution in [0.15, 0.2) is 53.4 Å². The van der Waals surface area contributed by atoms with Crippen LogP contribution in [0.25, 0.3) is 0 Å². The van der Waals surface area contributed by atoms with Gasteiger partial charge in [-0.3, -0.25) is 9.52 Å². The maximum Gasteiger partial charge on any atom is 0.338 e. The number of esters is 1. The number of carbonyl (C=O) groups is 2. The summed E-state index contributed by atoms with van der Waals surface area (Å²) in [5.41, 5.74) is 1.40. The van der Waals surface area contributed by atoms with Crippen molar-refractivity contribution in [3.05, 3.63) is 59.7 Å². The number of hydrogen-bond acceptors (Lipinski definition) is 5. The Bertz CT molecular complexity index is 999. The summed E-state index contributed by atoms with van der Waals surface area (Å²) in [6, 6.07) is 12.6. The minimum absolute atomic E-state index is 0.0539. The molecular weight excluding hydrogens is 380 g/mol. The molecule has 28 heavy (non-hydrogen) atoms. The lowest BCUT2D eigenvalue weighted by molar-refractivity contribution is -0.129. The van der Waals surface area contributed by atoms with Crippen LogP contribution in [0.3, 0.4) is 0 Å². The highest BCUT2D eigenvalue weighted by molar-refractivity contribution is 7.92. The first kappa shape index (κ1) is 19.9. The number of amides is 1. The van der Waals surface area contributed by atoms with E-state index in [0.717, 1.165) is 18.4 Å². The number of carbonyl (C=O) groups excluding carboxylic acids is 2. The highest BCUT2D eigenvalue weighted by Gasteiger charge is 2.27. The van der Waals surface area contributed by atoms with Gasteiger partial charge in [0, 0.05) is 11.7 Å². The van der Waals surface area contributed by atoms with E-state index in [0.29, 0.717) is 5.69 Å². The number of anilines is 1. The second-order valence-corrected chi connectivity index (χ2v) is 8.52. The Hall–Kier alpha value is -2.87. The van der Waals surface area contributed by atoms with Crippen LogP contribution in [0.4, 0.5) is 5.69 Å². The summed E-state index contributed by atoms with van der Waals surface area (Å²) in [7, 11) is -3.88. The summed E-state index contributed by atoms with van der Waals surface area (Å²) in [5, 5.41) is 2.76. The molecule has 0 bridgehead atoms. The van der Waals surface area contributed by atoms with E-state index in [2.05, 4.69) is 10.0 Å². The molecule has 0 heterocycles. The van der Waals surface area contributed by atoms with Gasteiger partial charge in [-0.2, -0.15) is 0 Å². The lowest BCUT2D eigenvalue weighted by Crippen LogP contribution is -2.37. The van der Waals surface area contributed by atoms with Crippen LogP contribution >= 0.6 is 0 Å². The maximum absolute atomic E-state index is 12.6. The van der Waals surface area contributed by atoms with Crippen molar-refractivity contribution in [2.75, 3.05) is 4.72 Å². The van der Waals surface area contributed by atoms with Gasteiger partial charge in [0.05, 0.1) is 10.5 Å². The fraction of sp³-hybridized carbons (Fsp3) is 0.300. The van der Waals surface area contributed by atoms with Gasteiger partial charge in [0.2, 0.25) is 0 Å². The molecule has 1 aliphatic rings. The van der Waals surface area contributed by atoms with Crippen molar-refractivity contribution in [2.24, 2.45) is 0 Å². The van der Waals surface area contributed by atoms with Gasteiger partial charge in [0.1, 0.15) is 0 Å². The summed E-state index contributed by atoms with van der Waals surface area (Å²) >= 11 is 0. The highest BCUT2D eigenvalue weighted by Crippen LogP contribution is 2.20. The molecule has 7 nitrogen and oxygen atoms in total. The number of sulfonamides is 1. The van der Waals surface area contributed by atoms with E-state index in [-0.39, 0.29) is 22.4 Å². The molecule has 0 aliphatic heterocycles. The molecule has 0 saturated heterocycles. The molecule has 1 amide bonds. The van der Waals surface area contributed by atoms with E-state index < -0.39 is 22.1 Å². The molecular formula is C20H22N2O5S. The largest absolute Gasteiger partial charge is 0.449 e. The summed E-state index contributed by atoms with van der Waals surface area (Å²) in [4.78, 5) is 24.2. The third kappa shape index (κ3) is 5.10. The van der Waals surface area contributed by atoms with Gasteiger partial charge in [-0.1, -0.05) is 18.2 Å². The quantitative estimate of drug-likeness (QED) is 0.693. The zero-order chi connectivity index (χ0) is 20.3. The normalized spacial score (nSPS) is 14.8. The molecule has 1 atom stereocenters. The van der Waals surface area contributed by atoms with Gasteiger partial charge in [-0.25, -0.2) is 13.2 Å². The van der Waals surface area contributed by atoms with E-state index >= 15 is 0 Å². The minimum Gasteiger partial charge on any atom is -0.449 e. The van der Waals surface area contributed by atoms with Gasteiger partial charge in [-0.15, -0.1) is 0 Å². The fourth-order valence-corrected chi connectivity index (χ4v) is 3.64. The number of hydrogen-bond donors (Lipinski definition) is 2. The number of nitrogens with one attached hydrogen (secondary N) is 2. The highest BCUT2D eigenvalue weighted by atomic mass is 32.2. The zero-order valence-electron chi connectivity index (χ0n) is 15.6. The lowest BCUT2D eigenvalue weighted by Gasteiger charge is -2.14. The number of benzene rings is 2. The van der Waals surface area contributed by atoms with Crippen LogP contribution in [-0.4, -0.2) is 32.4 Å². The van der Waals surface area contributed by atoms with Crippen molar-refractivity contribution in [3.63, 3.8) is 0 Å². The van der Waals surface area contributed by atoms with E-state index in [9.17, 15) is 18.0 Å². The summed E-state index contributed by atoms with van der Waals surface area (Å²) in [6.07, 6.45) is 0.902. The molecule has 1 aliphatic carbocycles. The molecule has 1 unspecified atom stereocenters. The van der Waals surface area contributed by atoms with Gasteiger partial charge in [0.25, 0.3) is 15.9 Å². The smallest absolute Gasteiger partial charge is 0.338 e. The Morgan fingerprint density at radius 1 is 1.11 bits per heavy atom. The Morgan fingerprint density at radius 3 is 2.50 bits per heavy atom. The number of aryl methyl sites for hydroxylation is 1. The predicted octanol–water partition coefficient (Wildman–Crippen LogP) is 2.62. The second-order valence-electron chi connectivity index (χ2n) is 6.83. The van der Waals surface area contributed by atoms with Gasteiger partial charge >= 0.3 is 5.97 Å². The molecule has 0 radical (unpaired) electrons. The first-order valence-corrected chi connectivity index (χ1v) is 10.4. The van der Waals surface area contributed by atoms with Crippen LogP contribution < -0.4 is 10.0 Å². The molecule has 8 heteroatoms. The second kappa shape index (κ2) is 8.02. The third-order valence-electron chi connectivity index (χ3n) is 4.23. The Balaban J connectivity index is 1.71. The van der Waals surface area contributed by atoms with Crippen LogP contribution in [0, 0.1) is 6.92 Å². The van der Waals surface area contributed by atoms with Crippen molar-refractivity contribution >= 4 is 27.6 Å². The molecule has 1 fully saturated rings. The molecule has 0 spiro atoms. The maximum atomic E-state index is 12.6. The van der Waals surface area contributed by atoms with E-state index in [4.69, 9.17) is 4.74 Å². The Morgan fingerprint density at radius 2 is 1.82 bits per heavy atom. The fourth-order valence-electron chi connectivity index (χ4n) is 2.54. The van der Waals surface area contributed by atoms with Crippen LogP contribution in [0.2, 0.25) is 0 Å². The predicted molar refractivity (Wildman–Crippen MR) is 104 cm³/mol. The van der Waals surface area contributed by atoms with Crippen molar-refractivity contribution in [1.29, 1.82) is 0 Å².